The highest BCUT2D eigenvalue weighted by atomic mass is 35.5. The molecule has 0 bridgehead atoms. The molecule has 4 aromatic carbocycles. The number of anilines is 3. The van der Waals surface area contributed by atoms with Gasteiger partial charge < -0.3 is 15.4 Å². The Morgan fingerprint density at radius 2 is 1.65 bits per heavy atom. The molecule has 0 saturated carbocycles. The number of carbonyl (C=O) groups excluding carboxylic acids is 2. The van der Waals surface area contributed by atoms with Crippen LogP contribution in [0.2, 0.25) is 10.0 Å². The van der Waals surface area contributed by atoms with E-state index >= 15 is 0 Å². The Balaban J connectivity index is 1.14. The van der Waals surface area contributed by atoms with Gasteiger partial charge in [0.2, 0.25) is 0 Å². The first kappa shape index (κ1) is 29.8. The number of hydrazone groups is 1. The lowest BCUT2D eigenvalue weighted by Gasteiger charge is -2.12. The predicted molar refractivity (Wildman–Crippen MR) is 174 cm³/mol. The normalized spacial score (nSPS) is 10.9. The molecule has 1 aromatic heterocycles. The number of benzene rings is 4. The Kier molecular flexibility index (Phi) is 9.68. The summed E-state index contributed by atoms with van der Waals surface area (Å²) in [5.74, 6) is -0.559. The van der Waals surface area contributed by atoms with Crippen LogP contribution in [0.15, 0.2) is 101 Å². The fraction of sp³-hybridized carbons (Fsp3) is 0.0625. The highest BCUT2D eigenvalue weighted by Gasteiger charge is 2.13. The number of thiazole rings is 1. The summed E-state index contributed by atoms with van der Waals surface area (Å²) in [7, 11) is 0. The lowest BCUT2D eigenvalue weighted by atomic mass is 10.1. The van der Waals surface area contributed by atoms with Crippen molar-refractivity contribution in [2.24, 2.45) is 5.10 Å². The van der Waals surface area contributed by atoms with Gasteiger partial charge >= 0.3 is 0 Å². The van der Waals surface area contributed by atoms with Crippen molar-refractivity contribution >= 4 is 69.1 Å². The zero-order chi connectivity index (χ0) is 30.2. The molecule has 0 unspecified atom stereocenters. The van der Waals surface area contributed by atoms with E-state index in [9.17, 15) is 9.59 Å². The number of ether oxygens (including phenoxy) is 1. The molecule has 5 aromatic rings. The molecule has 2 amide bonds. The van der Waals surface area contributed by atoms with E-state index in [1.165, 1.54) is 17.6 Å². The summed E-state index contributed by atoms with van der Waals surface area (Å²) in [5.41, 5.74) is 7.75. The summed E-state index contributed by atoms with van der Waals surface area (Å²) >= 11 is 14.2. The van der Waals surface area contributed by atoms with Crippen LogP contribution >= 0.6 is 34.5 Å². The van der Waals surface area contributed by atoms with Crippen LogP contribution in [0.4, 0.5) is 16.5 Å². The fourth-order valence-electron chi connectivity index (χ4n) is 3.96. The number of para-hydroxylation sites is 2. The number of amides is 2. The molecule has 0 aliphatic heterocycles. The Hall–Kier alpha value is -4.70. The molecule has 216 valence electrons. The number of aryl methyl sites for hydroxylation is 1. The lowest BCUT2D eigenvalue weighted by molar-refractivity contribution is -0.118. The van der Waals surface area contributed by atoms with E-state index in [2.05, 4.69) is 26.1 Å². The number of hydrogen-bond donors (Lipinski definition) is 3. The maximum atomic E-state index is 12.6. The zero-order valence-corrected chi connectivity index (χ0v) is 25.1. The number of nitrogens with zero attached hydrogens (tertiary/aromatic N) is 2. The van der Waals surface area contributed by atoms with Gasteiger partial charge in [-0.05, 0) is 60.5 Å². The molecule has 0 radical (unpaired) electrons. The first-order valence-electron chi connectivity index (χ1n) is 13.0. The zero-order valence-electron chi connectivity index (χ0n) is 22.8. The third-order valence-corrected chi connectivity index (χ3v) is 7.46. The van der Waals surface area contributed by atoms with Gasteiger partial charge in [-0.1, -0.05) is 71.7 Å². The van der Waals surface area contributed by atoms with Gasteiger partial charge in [0, 0.05) is 27.9 Å². The molecule has 0 saturated heterocycles. The SMILES string of the molecule is Cc1ccccc1NC(=O)COc1c(Cl)cc(/C=N/NC(=O)c2ccc(-c3csc(Nc4ccccc4)n3)cc2)cc1Cl. The minimum absolute atomic E-state index is 0.174. The maximum absolute atomic E-state index is 12.6. The van der Waals surface area contributed by atoms with Gasteiger partial charge in [0.25, 0.3) is 11.8 Å². The van der Waals surface area contributed by atoms with E-state index in [0.29, 0.717) is 16.8 Å². The first-order chi connectivity index (χ1) is 20.9. The van der Waals surface area contributed by atoms with Gasteiger partial charge in [0.1, 0.15) is 0 Å². The van der Waals surface area contributed by atoms with Crippen LogP contribution in [0.5, 0.6) is 5.75 Å². The summed E-state index contributed by atoms with van der Waals surface area (Å²) in [6, 6.07) is 27.5. The fourth-order valence-corrected chi connectivity index (χ4v) is 5.31. The van der Waals surface area contributed by atoms with Crippen molar-refractivity contribution in [3.8, 4) is 17.0 Å². The van der Waals surface area contributed by atoms with Crippen LogP contribution in [-0.4, -0.2) is 29.6 Å². The van der Waals surface area contributed by atoms with E-state index in [-0.39, 0.29) is 34.2 Å². The Morgan fingerprint density at radius 1 is 0.953 bits per heavy atom. The molecule has 0 aliphatic rings. The molecule has 0 aliphatic carbocycles. The van der Waals surface area contributed by atoms with Crippen LogP contribution in [-0.2, 0) is 4.79 Å². The first-order valence-corrected chi connectivity index (χ1v) is 14.7. The van der Waals surface area contributed by atoms with Gasteiger partial charge in [-0.25, -0.2) is 10.4 Å². The molecule has 0 fully saturated rings. The van der Waals surface area contributed by atoms with E-state index in [0.717, 1.165) is 27.6 Å². The average Bonchev–Trinajstić information content (AvgIpc) is 3.47. The number of carbonyl (C=O) groups is 2. The minimum atomic E-state index is -0.385. The molecule has 8 nitrogen and oxygen atoms in total. The van der Waals surface area contributed by atoms with Crippen LogP contribution < -0.4 is 20.8 Å². The summed E-state index contributed by atoms with van der Waals surface area (Å²) in [6.45, 7) is 1.62. The van der Waals surface area contributed by atoms with E-state index in [4.69, 9.17) is 27.9 Å². The Morgan fingerprint density at radius 3 is 2.37 bits per heavy atom. The smallest absolute Gasteiger partial charge is 0.271 e. The third kappa shape index (κ3) is 7.98. The number of hydrogen-bond acceptors (Lipinski definition) is 7. The van der Waals surface area contributed by atoms with Gasteiger partial charge in [-0.2, -0.15) is 5.10 Å². The van der Waals surface area contributed by atoms with E-state index < -0.39 is 0 Å². The van der Waals surface area contributed by atoms with Crippen molar-refractivity contribution in [1.82, 2.24) is 10.4 Å². The van der Waals surface area contributed by atoms with Crippen LogP contribution in [0.3, 0.4) is 0 Å². The molecule has 0 spiro atoms. The van der Waals surface area contributed by atoms with Crippen LogP contribution in [0, 0.1) is 6.92 Å². The topological polar surface area (TPSA) is 105 Å². The minimum Gasteiger partial charge on any atom is -0.481 e. The van der Waals surface area contributed by atoms with Gasteiger partial charge in [0.05, 0.1) is 22.0 Å². The third-order valence-electron chi connectivity index (χ3n) is 6.14. The maximum Gasteiger partial charge on any atom is 0.271 e. The number of halogens is 2. The Bertz CT molecular complexity index is 1750. The molecular weight excluding hydrogens is 605 g/mol. The van der Waals surface area contributed by atoms with Gasteiger partial charge in [-0.3, -0.25) is 9.59 Å². The second-order valence-corrected chi connectivity index (χ2v) is 10.9. The summed E-state index contributed by atoms with van der Waals surface area (Å²) in [4.78, 5) is 29.6. The molecular formula is C32H25Cl2N5O3S. The Labute approximate surface area is 262 Å². The summed E-state index contributed by atoms with van der Waals surface area (Å²) in [5, 5.41) is 13.2. The highest BCUT2D eigenvalue weighted by molar-refractivity contribution is 7.14. The predicted octanol–water partition coefficient (Wildman–Crippen LogP) is 7.95. The van der Waals surface area contributed by atoms with Crippen molar-refractivity contribution in [2.45, 2.75) is 6.92 Å². The molecule has 43 heavy (non-hydrogen) atoms. The second kappa shape index (κ2) is 14.0. The summed E-state index contributed by atoms with van der Waals surface area (Å²) < 4.78 is 5.57. The second-order valence-electron chi connectivity index (χ2n) is 9.27. The standard InChI is InChI=1S/C32H25Cl2N5O3S/c1-20-7-5-6-10-27(20)37-29(40)18-42-30-25(33)15-21(16-26(30)34)17-35-39-31(41)23-13-11-22(12-14-23)28-19-43-32(38-28)36-24-8-3-2-4-9-24/h2-17,19H,18H2,1H3,(H,36,38)(H,37,40)(H,39,41)/b35-17+. The molecule has 11 heteroatoms. The molecule has 5 rings (SSSR count). The highest BCUT2D eigenvalue weighted by Crippen LogP contribution is 2.34. The average molecular weight is 631 g/mol. The lowest BCUT2D eigenvalue weighted by Crippen LogP contribution is -2.20. The number of nitrogens with one attached hydrogen (secondary N) is 3. The van der Waals surface area contributed by atoms with Crippen molar-refractivity contribution in [3.05, 3.63) is 123 Å². The van der Waals surface area contributed by atoms with Crippen LogP contribution in [0.1, 0.15) is 21.5 Å². The number of aromatic nitrogens is 1. The molecule has 3 N–H and O–H groups in total. The largest absolute Gasteiger partial charge is 0.481 e. The molecule has 0 atom stereocenters. The summed E-state index contributed by atoms with van der Waals surface area (Å²) in [6.07, 6.45) is 1.41. The van der Waals surface area contributed by atoms with Crippen molar-refractivity contribution in [3.63, 3.8) is 0 Å². The van der Waals surface area contributed by atoms with E-state index in [1.807, 2.05) is 73.0 Å². The van der Waals surface area contributed by atoms with E-state index in [1.54, 1.807) is 30.3 Å². The molecule has 1 heterocycles. The van der Waals surface area contributed by atoms with Crippen molar-refractivity contribution < 1.29 is 14.3 Å². The van der Waals surface area contributed by atoms with Gasteiger partial charge in [-0.15, -0.1) is 11.3 Å². The van der Waals surface area contributed by atoms with Crippen molar-refractivity contribution in [2.75, 3.05) is 17.2 Å². The quantitative estimate of drug-likeness (QED) is 0.107. The van der Waals surface area contributed by atoms with Crippen LogP contribution in [0.25, 0.3) is 11.3 Å². The van der Waals surface area contributed by atoms with Crippen molar-refractivity contribution in [1.29, 1.82) is 0 Å². The number of rotatable bonds is 10. The monoisotopic (exact) mass is 629 g/mol. The van der Waals surface area contributed by atoms with Gasteiger partial charge in [0.15, 0.2) is 17.5 Å².